The highest BCUT2D eigenvalue weighted by atomic mass is 32.2. The Morgan fingerprint density at radius 1 is 0.816 bits per heavy atom. The summed E-state index contributed by atoms with van der Waals surface area (Å²) in [5.41, 5.74) is 2.25. The summed E-state index contributed by atoms with van der Waals surface area (Å²) in [6.07, 6.45) is 7.32. The molecule has 1 aliphatic heterocycles. The lowest BCUT2D eigenvalue weighted by Crippen LogP contribution is -2.51. The average Bonchev–Trinajstić information content (AvgIpc) is 3.57. The molecule has 0 saturated heterocycles. The van der Waals surface area contributed by atoms with Gasteiger partial charge in [-0.1, -0.05) is 36.6 Å². The molecule has 2 saturated carbocycles. The largest absolute Gasteiger partial charge is 0.497 e. The van der Waals surface area contributed by atoms with E-state index in [1.807, 2.05) is 31.2 Å². The van der Waals surface area contributed by atoms with Gasteiger partial charge in [-0.15, -0.1) is 0 Å². The minimum atomic E-state index is -4.08. The van der Waals surface area contributed by atoms with Crippen LogP contribution in [-0.4, -0.2) is 22.6 Å². The molecule has 3 aromatic carbocycles. The van der Waals surface area contributed by atoms with Crippen molar-refractivity contribution in [3.05, 3.63) is 77.4 Å². The second-order valence-corrected chi connectivity index (χ2v) is 12.4. The van der Waals surface area contributed by atoms with E-state index in [0.717, 1.165) is 54.7 Å². The molecule has 2 atom stereocenters. The monoisotopic (exact) mass is 534 g/mol. The van der Waals surface area contributed by atoms with Gasteiger partial charge in [0.1, 0.15) is 27.7 Å². The average molecular weight is 535 g/mol. The predicted molar refractivity (Wildman–Crippen MR) is 145 cm³/mol. The fraction of sp³-hybridized carbons (Fsp3) is 0.419. The van der Waals surface area contributed by atoms with Gasteiger partial charge in [-0.25, -0.2) is 0 Å². The molecule has 2 fully saturated rings. The van der Waals surface area contributed by atoms with Crippen molar-refractivity contribution in [1.29, 1.82) is 0 Å². The third kappa shape index (κ3) is 3.85. The number of rotatable bonds is 6. The van der Waals surface area contributed by atoms with E-state index in [4.69, 9.17) is 18.4 Å². The first-order valence-corrected chi connectivity index (χ1v) is 14.8. The van der Waals surface area contributed by atoms with Crippen molar-refractivity contribution >= 4 is 10.1 Å². The second-order valence-electron chi connectivity index (χ2n) is 10.9. The summed E-state index contributed by atoms with van der Waals surface area (Å²) < 4.78 is 50.9. The van der Waals surface area contributed by atoms with E-state index in [0.29, 0.717) is 5.75 Å². The second kappa shape index (κ2) is 9.23. The standard InChI is InChI=1S/C31H34O6S/c1-21-8-12-24(13-9-21)38(32,33)37-28-20-23(35-3)11-15-26(28)31-18-6-7-29(31)30(16-4-5-17-30)25-14-10-22(34-2)19-27(25)36-31/h8-15,19-20,29H,4-7,16-18H2,1-3H3/t29-,31-/m1/s1. The Bertz CT molecular complexity index is 1460. The fourth-order valence-electron chi connectivity index (χ4n) is 7.25. The maximum Gasteiger partial charge on any atom is 0.339 e. The third-order valence-corrected chi connectivity index (χ3v) is 10.2. The normalized spacial score (nSPS) is 23.4. The number of aryl methyl sites for hydroxylation is 1. The molecule has 0 radical (unpaired) electrons. The lowest BCUT2D eigenvalue weighted by atomic mass is 9.60. The van der Waals surface area contributed by atoms with Gasteiger partial charge in [0, 0.05) is 34.6 Å². The van der Waals surface area contributed by atoms with E-state index >= 15 is 0 Å². The molecule has 0 aromatic heterocycles. The van der Waals surface area contributed by atoms with Crippen LogP contribution in [0.3, 0.4) is 0 Å². The zero-order chi connectivity index (χ0) is 26.5. The Kier molecular flexibility index (Phi) is 6.10. The summed E-state index contributed by atoms with van der Waals surface area (Å²) in [6.45, 7) is 1.92. The van der Waals surface area contributed by atoms with Gasteiger partial charge in [0.25, 0.3) is 0 Å². The van der Waals surface area contributed by atoms with Gasteiger partial charge in [0.2, 0.25) is 0 Å². The first-order chi connectivity index (χ1) is 18.3. The van der Waals surface area contributed by atoms with Crippen LogP contribution >= 0.6 is 0 Å². The maximum atomic E-state index is 13.4. The zero-order valence-corrected chi connectivity index (χ0v) is 23.0. The molecule has 0 amide bonds. The van der Waals surface area contributed by atoms with Crippen molar-refractivity contribution in [2.45, 2.75) is 67.8 Å². The smallest absolute Gasteiger partial charge is 0.339 e. The van der Waals surface area contributed by atoms with Crippen molar-refractivity contribution in [2.75, 3.05) is 14.2 Å². The molecule has 7 heteroatoms. The number of ether oxygens (including phenoxy) is 3. The molecule has 38 heavy (non-hydrogen) atoms. The molecule has 6 rings (SSSR count). The van der Waals surface area contributed by atoms with E-state index in [1.165, 1.54) is 18.4 Å². The minimum absolute atomic E-state index is 0.0244. The highest BCUT2D eigenvalue weighted by Crippen LogP contribution is 2.66. The predicted octanol–water partition coefficient (Wildman–Crippen LogP) is 6.68. The lowest BCUT2D eigenvalue weighted by Gasteiger charge is -2.51. The molecule has 3 aromatic rings. The van der Waals surface area contributed by atoms with Gasteiger partial charge in [0.05, 0.1) is 14.2 Å². The van der Waals surface area contributed by atoms with Crippen molar-refractivity contribution < 1.29 is 26.8 Å². The van der Waals surface area contributed by atoms with Crippen LogP contribution in [0.5, 0.6) is 23.0 Å². The van der Waals surface area contributed by atoms with E-state index in [-0.39, 0.29) is 22.0 Å². The SMILES string of the molecule is COc1ccc2c(c1)O[C@@]1(c3ccc(OC)cc3OS(=O)(=O)c3ccc(C)cc3)CCC[C@@H]1C21CCCC1. The molecular weight excluding hydrogens is 500 g/mol. The van der Waals surface area contributed by atoms with Gasteiger partial charge < -0.3 is 18.4 Å². The minimum Gasteiger partial charge on any atom is -0.497 e. The van der Waals surface area contributed by atoms with Gasteiger partial charge in [-0.3, -0.25) is 0 Å². The highest BCUT2D eigenvalue weighted by molar-refractivity contribution is 7.87. The highest BCUT2D eigenvalue weighted by Gasteiger charge is 2.62. The van der Waals surface area contributed by atoms with Crippen LogP contribution in [0.25, 0.3) is 0 Å². The molecule has 0 N–H and O–H groups in total. The topological polar surface area (TPSA) is 71.1 Å². The molecular formula is C31H34O6S. The molecule has 1 spiro atoms. The Labute approximate surface area is 225 Å². The Morgan fingerprint density at radius 3 is 2.16 bits per heavy atom. The van der Waals surface area contributed by atoms with Crippen molar-refractivity contribution in [3.8, 4) is 23.0 Å². The number of fused-ring (bicyclic) bond motifs is 4. The van der Waals surface area contributed by atoms with E-state index in [1.54, 1.807) is 44.6 Å². The number of hydrogen-bond acceptors (Lipinski definition) is 6. The Hall–Kier alpha value is -3.19. The first kappa shape index (κ1) is 25.1. The molecule has 200 valence electrons. The van der Waals surface area contributed by atoms with Crippen LogP contribution in [0.1, 0.15) is 61.6 Å². The molecule has 0 bridgehead atoms. The molecule has 3 aliphatic rings. The molecule has 6 nitrogen and oxygen atoms in total. The number of benzene rings is 3. The van der Waals surface area contributed by atoms with Gasteiger partial charge in [0.15, 0.2) is 5.75 Å². The summed E-state index contributed by atoms with van der Waals surface area (Å²) in [7, 11) is -0.849. The van der Waals surface area contributed by atoms with E-state index < -0.39 is 15.7 Å². The summed E-state index contributed by atoms with van der Waals surface area (Å²) in [6, 6.07) is 18.4. The van der Waals surface area contributed by atoms with Crippen molar-refractivity contribution in [3.63, 3.8) is 0 Å². The van der Waals surface area contributed by atoms with Crippen molar-refractivity contribution in [2.24, 2.45) is 5.92 Å². The van der Waals surface area contributed by atoms with Gasteiger partial charge in [-0.2, -0.15) is 8.42 Å². The van der Waals surface area contributed by atoms with Crippen LogP contribution in [0.15, 0.2) is 65.6 Å². The first-order valence-electron chi connectivity index (χ1n) is 13.4. The lowest BCUT2D eigenvalue weighted by molar-refractivity contribution is -0.0360. The van der Waals surface area contributed by atoms with Crippen LogP contribution < -0.4 is 18.4 Å². The Balaban J connectivity index is 1.52. The number of methoxy groups -OCH3 is 2. The fourth-order valence-corrected chi connectivity index (χ4v) is 8.19. The van der Waals surface area contributed by atoms with Crippen molar-refractivity contribution in [1.82, 2.24) is 0 Å². The van der Waals surface area contributed by atoms with Gasteiger partial charge in [-0.05, 0) is 69.4 Å². The van der Waals surface area contributed by atoms with Crippen LogP contribution in [-0.2, 0) is 21.1 Å². The van der Waals surface area contributed by atoms with Crippen LogP contribution in [0.2, 0.25) is 0 Å². The quantitative estimate of drug-likeness (QED) is 0.329. The zero-order valence-electron chi connectivity index (χ0n) is 22.2. The summed E-state index contributed by atoms with van der Waals surface area (Å²) >= 11 is 0. The Morgan fingerprint density at radius 2 is 1.47 bits per heavy atom. The molecule has 2 aliphatic carbocycles. The van der Waals surface area contributed by atoms with Crippen LogP contribution in [0.4, 0.5) is 0 Å². The molecule has 0 unspecified atom stereocenters. The molecule has 1 heterocycles. The summed E-state index contributed by atoms with van der Waals surface area (Å²) in [5, 5.41) is 0. The van der Waals surface area contributed by atoms with Gasteiger partial charge >= 0.3 is 10.1 Å². The summed E-state index contributed by atoms with van der Waals surface area (Å²) in [5.74, 6) is 2.57. The third-order valence-electron chi connectivity index (χ3n) is 8.94. The summed E-state index contributed by atoms with van der Waals surface area (Å²) in [4.78, 5) is 0.115. The van der Waals surface area contributed by atoms with Crippen LogP contribution in [0, 0.1) is 12.8 Å². The van der Waals surface area contributed by atoms with E-state index in [9.17, 15) is 8.42 Å². The number of hydrogen-bond donors (Lipinski definition) is 0. The maximum absolute atomic E-state index is 13.4. The van der Waals surface area contributed by atoms with E-state index in [2.05, 4.69) is 6.07 Å².